The summed E-state index contributed by atoms with van der Waals surface area (Å²) in [7, 11) is 4.30. The molecule has 5 heteroatoms. The van der Waals surface area contributed by atoms with Crippen molar-refractivity contribution in [1.29, 1.82) is 0 Å². The summed E-state index contributed by atoms with van der Waals surface area (Å²) in [5.41, 5.74) is 0.932. The summed E-state index contributed by atoms with van der Waals surface area (Å²) in [6.07, 6.45) is 3.55. The van der Waals surface area contributed by atoms with Crippen LogP contribution in [0.3, 0.4) is 0 Å². The molecule has 4 nitrogen and oxygen atoms in total. The molecule has 1 aromatic rings. The van der Waals surface area contributed by atoms with E-state index < -0.39 is 0 Å². The van der Waals surface area contributed by atoms with Crippen molar-refractivity contribution in [2.24, 2.45) is 0 Å². The van der Waals surface area contributed by atoms with Crippen molar-refractivity contribution >= 4 is 0 Å². The minimum Gasteiger partial charge on any atom is -0.309 e. The van der Waals surface area contributed by atoms with E-state index in [2.05, 4.69) is 41.1 Å². The molecule has 1 aromatic heterocycles. The van der Waals surface area contributed by atoms with Crippen LogP contribution in [-0.2, 0) is 0 Å². The van der Waals surface area contributed by atoms with Crippen LogP contribution < -0.4 is 5.32 Å². The number of hydrogen-bond acceptors (Lipinski definition) is 4. The summed E-state index contributed by atoms with van der Waals surface area (Å²) in [4.78, 5) is 9.04. The smallest absolute Gasteiger partial charge is 0.141 e. The van der Waals surface area contributed by atoms with Gasteiger partial charge in [0.05, 0.1) is 17.9 Å². The maximum absolute atomic E-state index is 13.0. The Morgan fingerprint density at radius 2 is 2.29 bits per heavy atom. The Balaban J connectivity index is 1.87. The minimum atomic E-state index is -0.276. The molecule has 2 unspecified atom stereocenters. The third-order valence-corrected chi connectivity index (χ3v) is 4.27. The molecular weight excluding hydrogens is 267 g/mol. The van der Waals surface area contributed by atoms with E-state index in [0.717, 1.165) is 31.7 Å². The zero-order valence-corrected chi connectivity index (χ0v) is 13.3. The van der Waals surface area contributed by atoms with Crippen molar-refractivity contribution in [1.82, 2.24) is 20.1 Å². The van der Waals surface area contributed by atoms with Gasteiger partial charge in [-0.15, -0.1) is 0 Å². The van der Waals surface area contributed by atoms with E-state index in [1.807, 2.05) is 0 Å². The first-order chi connectivity index (χ1) is 10.1. The van der Waals surface area contributed by atoms with Crippen molar-refractivity contribution in [2.45, 2.75) is 31.8 Å². The molecule has 0 radical (unpaired) electrons. The molecule has 0 bridgehead atoms. The number of nitrogens with zero attached hydrogens (tertiary/aromatic N) is 3. The highest BCUT2D eigenvalue weighted by Crippen LogP contribution is 2.18. The van der Waals surface area contributed by atoms with Crippen LogP contribution in [-0.4, -0.2) is 61.1 Å². The Morgan fingerprint density at radius 1 is 1.48 bits per heavy atom. The fraction of sp³-hybridized carbons (Fsp3) is 0.688. The van der Waals surface area contributed by atoms with Gasteiger partial charge in [0.25, 0.3) is 0 Å². The fourth-order valence-electron chi connectivity index (χ4n) is 2.94. The molecule has 1 saturated heterocycles. The molecule has 21 heavy (non-hydrogen) atoms. The van der Waals surface area contributed by atoms with Crippen molar-refractivity contribution in [3.63, 3.8) is 0 Å². The second kappa shape index (κ2) is 7.82. The van der Waals surface area contributed by atoms with Crippen molar-refractivity contribution in [2.75, 3.05) is 40.3 Å². The summed E-state index contributed by atoms with van der Waals surface area (Å²) in [6.45, 7) is 6.35. The van der Waals surface area contributed by atoms with E-state index in [9.17, 15) is 4.39 Å². The lowest BCUT2D eigenvalue weighted by Gasteiger charge is -2.23. The Hall–Kier alpha value is -1.04. The van der Waals surface area contributed by atoms with Crippen molar-refractivity contribution in [3.05, 3.63) is 29.8 Å². The van der Waals surface area contributed by atoms with E-state index in [0.29, 0.717) is 6.04 Å². The zero-order chi connectivity index (χ0) is 15.2. The second-order valence-corrected chi connectivity index (χ2v) is 6.01. The quantitative estimate of drug-likeness (QED) is 0.832. The van der Waals surface area contributed by atoms with E-state index >= 15 is 0 Å². The van der Waals surface area contributed by atoms with Crippen LogP contribution in [0.4, 0.5) is 4.39 Å². The van der Waals surface area contributed by atoms with Crippen molar-refractivity contribution < 1.29 is 4.39 Å². The number of aromatic nitrogens is 1. The van der Waals surface area contributed by atoms with Gasteiger partial charge in [-0.25, -0.2) is 4.39 Å². The number of hydrogen-bond donors (Lipinski definition) is 1. The van der Waals surface area contributed by atoms with Crippen LogP contribution in [0.1, 0.15) is 31.5 Å². The maximum atomic E-state index is 13.0. The second-order valence-electron chi connectivity index (χ2n) is 6.01. The molecule has 1 aliphatic heterocycles. The van der Waals surface area contributed by atoms with Gasteiger partial charge in [0, 0.05) is 19.1 Å². The lowest BCUT2D eigenvalue weighted by Crippen LogP contribution is -2.33. The third kappa shape index (κ3) is 4.73. The van der Waals surface area contributed by atoms with Crippen LogP contribution in [0, 0.1) is 5.82 Å². The van der Waals surface area contributed by atoms with Gasteiger partial charge in [-0.2, -0.15) is 0 Å². The normalized spacial score (nSPS) is 21.1. The molecule has 2 heterocycles. The van der Waals surface area contributed by atoms with Gasteiger partial charge < -0.3 is 15.1 Å². The first kappa shape index (κ1) is 16.3. The first-order valence-corrected chi connectivity index (χ1v) is 7.83. The number of pyridine rings is 1. The van der Waals surface area contributed by atoms with Crippen LogP contribution in [0.15, 0.2) is 18.3 Å². The highest BCUT2D eigenvalue weighted by molar-refractivity contribution is 5.10. The molecule has 1 N–H and O–H groups in total. The van der Waals surface area contributed by atoms with Crippen LogP contribution in [0.2, 0.25) is 0 Å². The predicted octanol–water partition coefficient (Wildman–Crippen LogP) is 1.90. The summed E-state index contributed by atoms with van der Waals surface area (Å²) in [6, 6.07) is 4.15. The van der Waals surface area contributed by atoms with E-state index in [4.69, 9.17) is 0 Å². The molecule has 0 saturated carbocycles. The zero-order valence-electron chi connectivity index (χ0n) is 13.3. The molecule has 0 spiro atoms. The van der Waals surface area contributed by atoms with Gasteiger partial charge in [-0.3, -0.25) is 4.98 Å². The molecular formula is C16H27FN4. The monoisotopic (exact) mass is 294 g/mol. The molecule has 2 rings (SSSR count). The van der Waals surface area contributed by atoms with Gasteiger partial charge >= 0.3 is 0 Å². The van der Waals surface area contributed by atoms with Gasteiger partial charge in [0.15, 0.2) is 0 Å². The average molecular weight is 294 g/mol. The Labute approximate surface area is 127 Å². The summed E-state index contributed by atoms with van der Waals surface area (Å²) in [5, 5.41) is 3.45. The summed E-state index contributed by atoms with van der Waals surface area (Å²) in [5.74, 6) is -0.276. The van der Waals surface area contributed by atoms with Crippen LogP contribution >= 0.6 is 0 Å². The highest BCUT2D eigenvalue weighted by atomic mass is 19.1. The number of nitrogens with one attached hydrogen (secondary N) is 1. The standard InChI is InChI=1S/C16H27FN4/c1-4-18-16(15-6-5-13(17)11-19-15)8-10-21-9-7-14(12-21)20(2)3/h5-6,11,14,16,18H,4,7-10,12H2,1-3H3. The maximum Gasteiger partial charge on any atom is 0.141 e. The number of likely N-dealkylation sites (N-methyl/N-ethyl adjacent to an activating group) is 1. The van der Waals surface area contributed by atoms with Gasteiger partial charge in [0.2, 0.25) is 0 Å². The number of halogens is 1. The van der Waals surface area contributed by atoms with E-state index in [1.54, 1.807) is 6.07 Å². The first-order valence-electron chi connectivity index (χ1n) is 7.83. The van der Waals surface area contributed by atoms with Gasteiger partial charge in [-0.05, 0) is 52.2 Å². The third-order valence-electron chi connectivity index (χ3n) is 4.27. The van der Waals surface area contributed by atoms with Gasteiger partial charge in [0.1, 0.15) is 5.82 Å². The molecule has 0 amide bonds. The summed E-state index contributed by atoms with van der Waals surface area (Å²) < 4.78 is 13.0. The molecule has 0 aromatic carbocycles. The van der Waals surface area contributed by atoms with Gasteiger partial charge in [-0.1, -0.05) is 6.92 Å². The van der Waals surface area contributed by atoms with Crippen LogP contribution in [0.5, 0.6) is 0 Å². The Kier molecular flexibility index (Phi) is 6.08. The topological polar surface area (TPSA) is 31.4 Å². The average Bonchev–Trinajstić information content (AvgIpc) is 2.93. The molecule has 2 atom stereocenters. The van der Waals surface area contributed by atoms with Crippen LogP contribution in [0.25, 0.3) is 0 Å². The van der Waals surface area contributed by atoms with E-state index in [-0.39, 0.29) is 11.9 Å². The SMILES string of the molecule is CCNC(CCN1CCC(N(C)C)C1)c1ccc(F)cn1. The summed E-state index contributed by atoms with van der Waals surface area (Å²) >= 11 is 0. The fourth-order valence-corrected chi connectivity index (χ4v) is 2.94. The lowest BCUT2D eigenvalue weighted by molar-refractivity contribution is 0.259. The van der Waals surface area contributed by atoms with E-state index in [1.165, 1.54) is 25.2 Å². The number of rotatable bonds is 7. The highest BCUT2D eigenvalue weighted by Gasteiger charge is 2.24. The number of likely N-dealkylation sites (tertiary alicyclic amines) is 1. The Bertz CT molecular complexity index is 421. The molecule has 1 aliphatic rings. The largest absolute Gasteiger partial charge is 0.309 e. The lowest BCUT2D eigenvalue weighted by atomic mass is 10.1. The van der Waals surface area contributed by atoms with Crippen molar-refractivity contribution in [3.8, 4) is 0 Å². The predicted molar refractivity (Wildman–Crippen MR) is 83.8 cm³/mol. The molecule has 0 aliphatic carbocycles. The minimum absolute atomic E-state index is 0.203. The Morgan fingerprint density at radius 3 is 2.86 bits per heavy atom. The molecule has 118 valence electrons. The molecule has 1 fully saturated rings.